The van der Waals surface area contributed by atoms with Crippen molar-refractivity contribution in [3.8, 4) is 0 Å². The Morgan fingerprint density at radius 3 is 2.90 bits per heavy atom. The third-order valence-corrected chi connectivity index (χ3v) is 6.06. The highest BCUT2D eigenvalue weighted by atomic mass is 32.2. The average molecular weight is 327 g/mol. The molecule has 0 bridgehead atoms. The Hall–Kier alpha value is -1.05. The molecule has 0 amide bonds. The van der Waals surface area contributed by atoms with Crippen molar-refractivity contribution < 1.29 is 8.42 Å². The molecule has 1 saturated heterocycles. The summed E-state index contributed by atoms with van der Waals surface area (Å²) in [6.45, 7) is 2.57. The van der Waals surface area contributed by atoms with E-state index in [1.807, 2.05) is 6.92 Å². The van der Waals surface area contributed by atoms with Crippen LogP contribution in [0.3, 0.4) is 0 Å². The van der Waals surface area contributed by atoms with E-state index < -0.39 is 10.0 Å². The average Bonchev–Trinajstić information content (AvgIpc) is 2.72. The summed E-state index contributed by atoms with van der Waals surface area (Å²) in [5, 5.41) is 0. The third kappa shape index (κ3) is 3.41. The van der Waals surface area contributed by atoms with Crippen LogP contribution in [0, 0.1) is 0 Å². The predicted octanol–water partition coefficient (Wildman–Crippen LogP) is 2.06. The van der Waals surface area contributed by atoms with Crippen LogP contribution in [0.4, 0.5) is 0 Å². The van der Waals surface area contributed by atoms with Crippen molar-refractivity contribution in [2.75, 3.05) is 6.54 Å². The summed E-state index contributed by atoms with van der Waals surface area (Å²) in [6, 6.07) is 3.18. The Balaban J connectivity index is 2.47. The molecule has 2 rings (SSSR count). The van der Waals surface area contributed by atoms with E-state index in [0.29, 0.717) is 6.54 Å². The van der Waals surface area contributed by atoms with Gasteiger partial charge in [-0.05, 0) is 31.4 Å². The van der Waals surface area contributed by atoms with E-state index >= 15 is 0 Å². The molecule has 2 heterocycles. The van der Waals surface area contributed by atoms with E-state index in [4.69, 9.17) is 18.0 Å². The van der Waals surface area contributed by atoms with Crippen LogP contribution >= 0.6 is 12.2 Å². The van der Waals surface area contributed by atoms with Gasteiger partial charge in [-0.25, -0.2) is 8.42 Å². The van der Waals surface area contributed by atoms with Gasteiger partial charge in [0.1, 0.15) is 15.6 Å². The van der Waals surface area contributed by atoms with Gasteiger partial charge in [0.2, 0.25) is 10.0 Å². The van der Waals surface area contributed by atoms with E-state index in [0.717, 1.165) is 32.1 Å². The number of sulfonamides is 1. The Morgan fingerprint density at radius 2 is 2.24 bits per heavy atom. The molecule has 21 heavy (non-hydrogen) atoms. The van der Waals surface area contributed by atoms with Crippen LogP contribution in [0.15, 0.2) is 23.2 Å². The van der Waals surface area contributed by atoms with Crippen LogP contribution < -0.4 is 5.73 Å². The van der Waals surface area contributed by atoms with Gasteiger partial charge in [-0.3, -0.25) is 4.98 Å². The molecular formula is C14H21N3O2S2. The van der Waals surface area contributed by atoms with Crippen LogP contribution in [0.2, 0.25) is 0 Å². The van der Waals surface area contributed by atoms with Gasteiger partial charge in [0.15, 0.2) is 0 Å². The summed E-state index contributed by atoms with van der Waals surface area (Å²) in [7, 11) is -3.62. The molecule has 0 aliphatic carbocycles. The largest absolute Gasteiger partial charge is 0.388 e. The molecule has 5 nitrogen and oxygen atoms in total. The maximum absolute atomic E-state index is 13.0. The van der Waals surface area contributed by atoms with Crippen molar-refractivity contribution in [2.45, 2.75) is 50.0 Å². The van der Waals surface area contributed by atoms with Gasteiger partial charge in [-0.1, -0.05) is 32.0 Å². The minimum Gasteiger partial charge on any atom is -0.388 e. The first-order valence-corrected chi connectivity index (χ1v) is 9.10. The lowest BCUT2D eigenvalue weighted by Gasteiger charge is -2.28. The topological polar surface area (TPSA) is 76.3 Å². The number of pyridine rings is 1. The molecule has 0 spiro atoms. The Morgan fingerprint density at radius 1 is 1.48 bits per heavy atom. The molecule has 1 aliphatic heterocycles. The summed E-state index contributed by atoms with van der Waals surface area (Å²) in [5.41, 5.74) is 5.81. The van der Waals surface area contributed by atoms with Gasteiger partial charge < -0.3 is 5.73 Å². The van der Waals surface area contributed by atoms with Crippen molar-refractivity contribution in [3.63, 3.8) is 0 Å². The van der Waals surface area contributed by atoms with Crippen molar-refractivity contribution in [3.05, 3.63) is 24.0 Å². The lowest BCUT2D eigenvalue weighted by Crippen LogP contribution is -2.40. The van der Waals surface area contributed by atoms with E-state index in [-0.39, 0.29) is 21.6 Å². The van der Waals surface area contributed by atoms with Gasteiger partial charge in [0.25, 0.3) is 0 Å². The molecule has 1 aliphatic rings. The molecular weight excluding hydrogens is 306 g/mol. The zero-order valence-electron chi connectivity index (χ0n) is 12.2. The van der Waals surface area contributed by atoms with Crippen molar-refractivity contribution in [2.24, 2.45) is 5.73 Å². The number of thiocarbonyl (C=S) groups is 1. The van der Waals surface area contributed by atoms with Gasteiger partial charge >= 0.3 is 0 Å². The van der Waals surface area contributed by atoms with Gasteiger partial charge in [-0.2, -0.15) is 4.31 Å². The number of nitrogens with zero attached hydrogens (tertiary/aromatic N) is 2. The number of aromatic nitrogens is 1. The van der Waals surface area contributed by atoms with Crippen LogP contribution in [-0.2, 0) is 10.0 Å². The van der Waals surface area contributed by atoms with E-state index in [2.05, 4.69) is 4.98 Å². The minimum atomic E-state index is -3.62. The lowest BCUT2D eigenvalue weighted by atomic mass is 10.1. The standard InChI is InChI=1S/C14H21N3O2S2/c1-2-11-7-4-3-5-10-17(11)21(18,19)12-8-6-9-16-13(12)14(15)20/h6,8-9,11H,2-5,7,10H2,1H3,(H2,15,20). The molecule has 1 atom stereocenters. The second kappa shape index (κ2) is 6.81. The first-order chi connectivity index (χ1) is 9.98. The van der Waals surface area contributed by atoms with Crippen molar-refractivity contribution in [1.82, 2.24) is 9.29 Å². The maximum Gasteiger partial charge on any atom is 0.245 e. The Kier molecular flexibility index (Phi) is 5.29. The number of rotatable bonds is 4. The SMILES string of the molecule is CCC1CCCCCN1S(=O)(=O)c1cccnc1C(N)=S. The van der Waals surface area contributed by atoms with Crippen molar-refractivity contribution >= 4 is 27.2 Å². The van der Waals surface area contributed by atoms with Crippen LogP contribution in [-0.4, -0.2) is 35.3 Å². The molecule has 1 aromatic rings. The highest BCUT2D eigenvalue weighted by molar-refractivity contribution is 7.89. The maximum atomic E-state index is 13.0. The highest BCUT2D eigenvalue weighted by Gasteiger charge is 2.33. The Labute approximate surface area is 131 Å². The number of hydrogen-bond acceptors (Lipinski definition) is 4. The fourth-order valence-electron chi connectivity index (χ4n) is 2.79. The molecule has 7 heteroatoms. The summed E-state index contributed by atoms with van der Waals surface area (Å²) in [6.07, 6.45) is 6.24. The van der Waals surface area contributed by atoms with E-state index in [9.17, 15) is 8.42 Å². The summed E-state index contributed by atoms with van der Waals surface area (Å²) in [5.74, 6) is 0. The molecule has 0 aromatic carbocycles. The molecule has 2 N–H and O–H groups in total. The molecule has 0 saturated carbocycles. The zero-order chi connectivity index (χ0) is 15.5. The highest BCUT2D eigenvalue weighted by Crippen LogP contribution is 2.27. The van der Waals surface area contributed by atoms with Gasteiger partial charge in [0.05, 0.1) is 0 Å². The van der Waals surface area contributed by atoms with Crippen molar-refractivity contribution in [1.29, 1.82) is 0 Å². The minimum absolute atomic E-state index is 0.0112. The zero-order valence-corrected chi connectivity index (χ0v) is 13.8. The quantitative estimate of drug-likeness (QED) is 0.857. The van der Waals surface area contributed by atoms with Crippen LogP contribution in [0.5, 0.6) is 0 Å². The fraction of sp³-hybridized carbons (Fsp3) is 0.571. The number of hydrogen-bond donors (Lipinski definition) is 1. The molecule has 1 aromatic heterocycles. The van der Waals surface area contributed by atoms with Crippen LogP contribution in [0.1, 0.15) is 44.7 Å². The first kappa shape index (κ1) is 16.3. The summed E-state index contributed by atoms with van der Waals surface area (Å²) < 4.78 is 27.6. The fourth-order valence-corrected chi connectivity index (χ4v) is 4.94. The van der Waals surface area contributed by atoms with E-state index in [1.54, 1.807) is 10.4 Å². The number of nitrogens with two attached hydrogens (primary N) is 1. The first-order valence-electron chi connectivity index (χ1n) is 7.25. The molecule has 0 radical (unpaired) electrons. The molecule has 116 valence electrons. The van der Waals surface area contributed by atoms with Gasteiger partial charge in [0, 0.05) is 18.8 Å². The monoisotopic (exact) mass is 327 g/mol. The second-order valence-corrected chi connectivity index (χ2v) is 7.54. The van der Waals surface area contributed by atoms with E-state index in [1.165, 1.54) is 12.3 Å². The Bertz CT molecular complexity index is 616. The smallest absolute Gasteiger partial charge is 0.245 e. The molecule has 1 fully saturated rings. The van der Waals surface area contributed by atoms with Crippen LogP contribution in [0.25, 0.3) is 0 Å². The van der Waals surface area contributed by atoms with Gasteiger partial charge in [-0.15, -0.1) is 0 Å². The molecule has 1 unspecified atom stereocenters. The normalized spacial score (nSPS) is 20.9. The predicted molar refractivity (Wildman–Crippen MR) is 86.6 cm³/mol. The second-order valence-electron chi connectivity index (χ2n) is 5.24. The lowest BCUT2D eigenvalue weighted by molar-refractivity contribution is 0.315. The third-order valence-electron chi connectivity index (χ3n) is 3.89. The summed E-state index contributed by atoms with van der Waals surface area (Å²) >= 11 is 4.94. The summed E-state index contributed by atoms with van der Waals surface area (Å²) in [4.78, 5) is 4.18.